The highest BCUT2D eigenvalue weighted by molar-refractivity contribution is 7.09. The molecule has 0 radical (unpaired) electrons. The summed E-state index contributed by atoms with van der Waals surface area (Å²) in [5.74, 6) is 0. The van der Waals surface area contributed by atoms with Gasteiger partial charge in [-0.1, -0.05) is 19.1 Å². The van der Waals surface area contributed by atoms with E-state index in [1.54, 1.807) is 11.3 Å². The van der Waals surface area contributed by atoms with E-state index in [1.807, 2.05) is 38.1 Å². The quantitative estimate of drug-likeness (QED) is 0.727. The fourth-order valence-electron chi connectivity index (χ4n) is 2.06. The molecule has 23 heavy (non-hydrogen) atoms. The molecule has 0 saturated heterocycles. The minimum atomic E-state index is -0.180. The van der Waals surface area contributed by atoms with E-state index in [9.17, 15) is 4.79 Å². The van der Waals surface area contributed by atoms with Crippen molar-refractivity contribution < 1.29 is 4.79 Å². The molecule has 0 fully saturated rings. The molecule has 1 aromatic carbocycles. The SMILES string of the molecule is CCc1nc(CNCc2ccc(NC(=O)NC(C)C)cc2)cs1. The lowest BCUT2D eigenvalue weighted by atomic mass is 10.2. The molecule has 6 heteroatoms. The molecular weight excluding hydrogens is 308 g/mol. The number of carbonyl (C=O) groups is 1. The second kappa shape index (κ2) is 8.64. The average Bonchev–Trinajstić information content (AvgIpc) is 2.96. The van der Waals surface area contributed by atoms with Gasteiger partial charge >= 0.3 is 6.03 Å². The normalized spacial score (nSPS) is 10.8. The average molecular weight is 332 g/mol. The lowest BCUT2D eigenvalue weighted by Gasteiger charge is -2.10. The number of hydrogen-bond donors (Lipinski definition) is 3. The number of aromatic nitrogens is 1. The Hall–Kier alpha value is -1.92. The Morgan fingerprint density at radius 2 is 1.96 bits per heavy atom. The molecule has 124 valence electrons. The largest absolute Gasteiger partial charge is 0.336 e. The summed E-state index contributed by atoms with van der Waals surface area (Å²) in [7, 11) is 0. The first-order valence-electron chi connectivity index (χ1n) is 7.87. The van der Waals surface area contributed by atoms with Crippen LogP contribution in [0.3, 0.4) is 0 Å². The highest BCUT2D eigenvalue weighted by Gasteiger charge is 2.03. The summed E-state index contributed by atoms with van der Waals surface area (Å²) >= 11 is 1.71. The number of amides is 2. The predicted octanol–water partition coefficient (Wildman–Crippen LogP) is 3.53. The Morgan fingerprint density at radius 1 is 1.22 bits per heavy atom. The van der Waals surface area contributed by atoms with Crippen molar-refractivity contribution in [1.82, 2.24) is 15.6 Å². The fourth-order valence-corrected chi connectivity index (χ4v) is 2.81. The summed E-state index contributed by atoms with van der Waals surface area (Å²) in [4.78, 5) is 16.2. The molecule has 0 aliphatic carbocycles. The van der Waals surface area contributed by atoms with Crippen LogP contribution in [0.4, 0.5) is 10.5 Å². The van der Waals surface area contributed by atoms with Crippen LogP contribution >= 0.6 is 11.3 Å². The Morgan fingerprint density at radius 3 is 2.57 bits per heavy atom. The van der Waals surface area contributed by atoms with Gasteiger partial charge in [0.2, 0.25) is 0 Å². The Bertz CT molecular complexity index is 622. The molecule has 2 amide bonds. The Balaban J connectivity index is 1.77. The van der Waals surface area contributed by atoms with Crippen molar-refractivity contribution in [2.75, 3.05) is 5.32 Å². The fraction of sp³-hybridized carbons (Fsp3) is 0.412. The number of carbonyl (C=O) groups excluding carboxylic acids is 1. The molecule has 5 nitrogen and oxygen atoms in total. The molecular formula is C17H24N4OS. The molecule has 0 spiro atoms. The van der Waals surface area contributed by atoms with Gasteiger partial charge in [-0.3, -0.25) is 0 Å². The van der Waals surface area contributed by atoms with Gasteiger partial charge in [-0.15, -0.1) is 11.3 Å². The van der Waals surface area contributed by atoms with E-state index in [0.29, 0.717) is 0 Å². The molecule has 0 bridgehead atoms. The van der Waals surface area contributed by atoms with E-state index in [4.69, 9.17) is 0 Å². The van der Waals surface area contributed by atoms with E-state index >= 15 is 0 Å². The molecule has 0 aliphatic heterocycles. The van der Waals surface area contributed by atoms with Crippen LogP contribution in [0.25, 0.3) is 0 Å². The maximum absolute atomic E-state index is 11.6. The van der Waals surface area contributed by atoms with Gasteiger partial charge in [0.15, 0.2) is 0 Å². The summed E-state index contributed by atoms with van der Waals surface area (Å²) < 4.78 is 0. The summed E-state index contributed by atoms with van der Waals surface area (Å²) in [6, 6.07) is 7.79. The van der Waals surface area contributed by atoms with Crippen molar-refractivity contribution in [3.8, 4) is 0 Å². The van der Waals surface area contributed by atoms with Crippen molar-refractivity contribution in [2.24, 2.45) is 0 Å². The Labute approximate surface area is 141 Å². The molecule has 2 rings (SSSR count). The van der Waals surface area contributed by atoms with E-state index in [0.717, 1.165) is 30.9 Å². The zero-order valence-corrected chi connectivity index (χ0v) is 14.7. The van der Waals surface area contributed by atoms with Crippen LogP contribution in [0.15, 0.2) is 29.6 Å². The van der Waals surface area contributed by atoms with Gasteiger partial charge in [-0.25, -0.2) is 9.78 Å². The maximum Gasteiger partial charge on any atom is 0.319 e. The van der Waals surface area contributed by atoms with Gasteiger partial charge in [0.25, 0.3) is 0 Å². The summed E-state index contributed by atoms with van der Waals surface area (Å²) in [5, 5.41) is 12.3. The first kappa shape index (κ1) is 17.4. The maximum atomic E-state index is 11.6. The van der Waals surface area contributed by atoms with Crippen molar-refractivity contribution in [3.63, 3.8) is 0 Å². The first-order valence-corrected chi connectivity index (χ1v) is 8.75. The molecule has 1 aromatic heterocycles. The van der Waals surface area contributed by atoms with Gasteiger partial charge in [0.1, 0.15) is 0 Å². The van der Waals surface area contributed by atoms with Gasteiger partial charge in [0, 0.05) is 30.2 Å². The van der Waals surface area contributed by atoms with Crippen LogP contribution in [0.2, 0.25) is 0 Å². The predicted molar refractivity (Wildman–Crippen MR) is 95.8 cm³/mol. The van der Waals surface area contributed by atoms with E-state index < -0.39 is 0 Å². The van der Waals surface area contributed by atoms with Crippen LogP contribution in [-0.2, 0) is 19.5 Å². The van der Waals surface area contributed by atoms with Crippen molar-refractivity contribution in [2.45, 2.75) is 46.3 Å². The molecule has 0 saturated carbocycles. The lowest BCUT2D eigenvalue weighted by molar-refractivity contribution is 0.250. The van der Waals surface area contributed by atoms with Crippen molar-refractivity contribution >= 4 is 23.1 Å². The van der Waals surface area contributed by atoms with E-state index in [-0.39, 0.29) is 12.1 Å². The number of rotatable bonds is 7. The number of nitrogens with one attached hydrogen (secondary N) is 3. The first-order chi connectivity index (χ1) is 11.1. The van der Waals surface area contributed by atoms with Gasteiger partial charge < -0.3 is 16.0 Å². The minimum Gasteiger partial charge on any atom is -0.336 e. The molecule has 0 aliphatic rings. The molecule has 2 aromatic rings. The van der Waals surface area contributed by atoms with E-state index in [2.05, 4.69) is 33.2 Å². The zero-order valence-electron chi connectivity index (χ0n) is 13.8. The van der Waals surface area contributed by atoms with Gasteiger partial charge in [-0.05, 0) is 38.0 Å². The number of anilines is 1. The van der Waals surface area contributed by atoms with Crippen molar-refractivity contribution in [1.29, 1.82) is 0 Å². The minimum absolute atomic E-state index is 0.123. The molecule has 1 heterocycles. The van der Waals surface area contributed by atoms with Crippen LogP contribution in [0, 0.1) is 0 Å². The number of benzene rings is 1. The third-order valence-corrected chi connectivity index (χ3v) is 4.21. The summed E-state index contributed by atoms with van der Waals surface area (Å²) in [6.45, 7) is 7.53. The second-order valence-corrected chi connectivity index (χ2v) is 6.58. The number of nitrogens with zero attached hydrogens (tertiary/aromatic N) is 1. The molecule has 3 N–H and O–H groups in total. The van der Waals surface area contributed by atoms with Crippen LogP contribution in [0.1, 0.15) is 37.0 Å². The van der Waals surface area contributed by atoms with E-state index in [1.165, 1.54) is 10.6 Å². The third kappa shape index (κ3) is 6.00. The highest BCUT2D eigenvalue weighted by atomic mass is 32.1. The smallest absolute Gasteiger partial charge is 0.319 e. The van der Waals surface area contributed by atoms with Gasteiger partial charge in [0.05, 0.1) is 10.7 Å². The standard InChI is InChI=1S/C17H24N4OS/c1-4-16-20-15(11-23-16)10-18-9-13-5-7-14(8-6-13)21-17(22)19-12(2)3/h5-8,11-12,18H,4,9-10H2,1-3H3,(H2,19,21,22). The highest BCUT2D eigenvalue weighted by Crippen LogP contribution is 2.11. The van der Waals surface area contributed by atoms with Crippen LogP contribution in [0.5, 0.6) is 0 Å². The monoisotopic (exact) mass is 332 g/mol. The second-order valence-electron chi connectivity index (χ2n) is 5.64. The number of aryl methyl sites for hydroxylation is 1. The van der Waals surface area contributed by atoms with Gasteiger partial charge in [-0.2, -0.15) is 0 Å². The number of thiazole rings is 1. The lowest BCUT2D eigenvalue weighted by Crippen LogP contribution is -2.34. The Kier molecular flexibility index (Phi) is 6.55. The number of urea groups is 1. The molecule has 0 unspecified atom stereocenters. The number of hydrogen-bond acceptors (Lipinski definition) is 4. The molecule has 0 atom stereocenters. The summed E-state index contributed by atoms with van der Waals surface area (Å²) in [5.41, 5.74) is 3.06. The summed E-state index contributed by atoms with van der Waals surface area (Å²) in [6.07, 6.45) is 0.990. The topological polar surface area (TPSA) is 66.0 Å². The van der Waals surface area contributed by atoms with Crippen LogP contribution < -0.4 is 16.0 Å². The van der Waals surface area contributed by atoms with Crippen LogP contribution in [-0.4, -0.2) is 17.1 Å². The third-order valence-electron chi connectivity index (χ3n) is 3.17. The van der Waals surface area contributed by atoms with Crippen molar-refractivity contribution in [3.05, 3.63) is 45.9 Å². The zero-order chi connectivity index (χ0) is 16.7.